The average Bonchev–Trinajstić information content (AvgIpc) is 2.39. The Balaban J connectivity index is 0.000000558. The standard InChI is InChI=1S/C12H15NO3.2C2H4O2/c1-7(14)13-10-4-2-3-8-5-11(15)12(16)6-9(8)10;2*1-2(3)4/h2-4,11-12,15-16H,5-6H2,1H3,(H,13,14);2*1H3,(H,3,4). The van der Waals surface area contributed by atoms with Crippen molar-refractivity contribution < 1.29 is 34.8 Å². The zero-order valence-electron chi connectivity index (χ0n) is 13.8. The fourth-order valence-electron chi connectivity index (χ4n) is 2.08. The molecule has 0 saturated heterocycles. The third-order valence-electron chi connectivity index (χ3n) is 2.87. The number of carbonyl (C=O) groups is 3. The van der Waals surface area contributed by atoms with Crippen LogP contribution in [-0.2, 0) is 27.2 Å². The van der Waals surface area contributed by atoms with E-state index in [1.54, 1.807) is 0 Å². The van der Waals surface area contributed by atoms with Crippen LogP contribution in [0.15, 0.2) is 18.2 Å². The van der Waals surface area contributed by atoms with Crippen molar-refractivity contribution >= 4 is 23.5 Å². The highest BCUT2D eigenvalue weighted by Gasteiger charge is 2.26. The van der Waals surface area contributed by atoms with Gasteiger partial charge in [0.25, 0.3) is 11.9 Å². The zero-order chi connectivity index (χ0) is 18.9. The summed E-state index contributed by atoms with van der Waals surface area (Å²) < 4.78 is 0. The maximum atomic E-state index is 11.0. The number of amides is 1. The molecule has 0 bridgehead atoms. The van der Waals surface area contributed by atoms with E-state index in [1.165, 1.54) is 6.92 Å². The molecule has 2 atom stereocenters. The quantitative estimate of drug-likeness (QED) is 0.504. The monoisotopic (exact) mass is 341 g/mol. The molecule has 2 unspecified atom stereocenters. The van der Waals surface area contributed by atoms with Crippen molar-refractivity contribution in [3.8, 4) is 0 Å². The number of carboxylic acid groups (broad SMARTS) is 2. The second kappa shape index (κ2) is 10.3. The highest BCUT2D eigenvalue weighted by molar-refractivity contribution is 5.89. The summed E-state index contributed by atoms with van der Waals surface area (Å²) in [6.07, 6.45) is -0.640. The van der Waals surface area contributed by atoms with E-state index in [4.69, 9.17) is 19.8 Å². The first kappa shape index (κ1) is 21.6. The van der Waals surface area contributed by atoms with E-state index in [-0.39, 0.29) is 5.91 Å². The lowest BCUT2D eigenvalue weighted by Crippen LogP contribution is -2.35. The lowest BCUT2D eigenvalue weighted by atomic mass is 9.86. The van der Waals surface area contributed by atoms with Gasteiger partial charge in [0, 0.05) is 39.3 Å². The number of hydrogen-bond acceptors (Lipinski definition) is 5. The minimum absolute atomic E-state index is 0.131. The molecule has 0 saturated carbocycles. The van der Waals surface area contributed by atoms with Gasteiger partial charge < -0.3 is 25.7 Å². The summed E-state index contributed by atoms with van der Waals surface area (Å²) in [5, 5.41) is 36.8. The van der Waals surface area contributed by atoms with Gasteiger partial charge in [-0.15, -0.1) is 0 Å². The highest BCUT2D eigenvalue weighted by Crippen LogP contribution is 2.28. The minimum Gasteiger partial charge on any atom is -0.481 e. The number of aliphatic hydroxyl groups is 2. The predicted molar refractivity (Wildman–Crippen MR) is 86.8 cm³/mol. The van der Waals surface area contributed by atoms with Gasteiger partial charge in [-0.2, -0.15) is 0 Å². The number of rotatable bonds is 1. The number of anilines is 1. The summed E-state index contributed by atoms with van der Waals surface area (Å²) >= 11 is 0. The van der Waals surface area contributed by atoms with E-state index in [2.05, 4.69) is 5.32 Å². The van der Waals surface area contributed by atoms with E-state index in [9.17, 15) is 15.0 Å². The van der Waals surface area contributed by atoms with Crippen molar-refractivity contribution in [2.75, 3.05) is 5.32 Å². The van der Waals surface area contributed by atoms with E-state index < -0.39 is 24.1 Å². The molecule has 1 aliphatic rings. The maximum absolute atomic E-state index is 11.0. The molecule has 0 fully saturated rings. The minimum atomic E-state index is -0.833. The van der Waals surface area contributed by atoms with Crippen LogP contribution >= 0.6 is 0 Å². The van der Waals surface area contributed by atoms with Crippen molar-refractivity contribution in [1.82, 2.24) is 0 Å². The normalized spacial score (nSPS) is 17.9. The Hall–Kier alpha value is -2.45. The van der Waals surface area contributed by atoms with Crippen molar-refractivity contribution in [1.29, 1.82) is 0 Å². The molecule has 1 aromatic rings. The van der Waals surface area contributed by atoms with Crippen molar-refractivity contribution in [3.63, 3.8) is 0 Å². The number of benzene rings is 1. The lowest BCUT2D eigenvalue weighted by Gasteiger charge is -2.27. The Kier molecular flexibility index (Phi) is 9.29. The van der Waals surface area contributed by atoms with Crippen LogP contribution in [0.5, 0.6) is 0 Å². The van der Waals surface area contributed by atoms with Crippen LogP contribution in [0.2, 0.25) is 0 Å². The first-order valence-corrected chi connectivity index (χ1v) is 7.18. The lowest BCUT2D eigenvalue weighted by molar-refractivity contribution is -0.135. The van der Waals surface area contributed by atoms with Gasteiger partial charge in [-0.3, -0.25) is 14.4 Å². The highest BCUT2D eigenvalue weighted by atomic mass is 16.4. The molecule has 134 valence electrons. The van der Waals surface area contributed by atoms with Crippen LogP contribution in [0.4, 0.5) is 5.69 Å². The molecule has 0 radical (unpaired) electrons. The van der Waals surface area contributed by atoms with E-state index in [0.29, 0.717) is 12.8 Å². The van der Waals surface area contributed by atoms with Gasteiger partial charge in [0.15, 0.2) is 0 Å². The molecule has 1 amide bonds. The summed E-state index contributed by atoms with van der Waals surface area (Å²) in [6, 6.07) is 5.56. The SMILES string of the molecule is CC(=O)Nc1cccc2c1CC(O)C(O)C2.CC(=O)O.CC(=O)O. The van der Waals surface area contributed by atoms with E-state index in [1.807, 2.05) is 18.2 Å². The van der Waals surface area contributed by atoms with Gasteiger partial charge in [-0.25, -0.2) is 0 Å². The summed E-state index contributed by atoms with van der Waals surface area (Å²) in [4.78, 5) is 29.0. The Morgan fingerprint density at radius 3 is 1.88 bits per heavy atom. The average molecular weight is 341 g/mol. The van der Waals surface area contributed by atoms with Crippen LogP contribution < -0.4 is 5.32 Å². The second-order valence-corrected chi connectivity index (χ2v) is 5.21. The fourth-order valence-corrected chi connectivity index (χ4v) is 2.08. The smallest absolute Gasteiger partial charge is 0.300 e. The van der Waals surface area contributed by atoms with Gasteiger partial charge in [0.05, 0.1) is 12.2 Å². The molecule has 0 spiro atoms. The summed E-state index contributed by atoms with van der Waals surface area (Å²) in [7, 11) is 0. The van der Waals surface area contributed by atoms with Gasteiger partial charge in [-0.1, -0.05) is 12.1 Å². The number of aliphatic hydroxyl groups excluding tert-OH is 2. The molecule has 2 rings (SSSR count). The topological polar surface area (TPSA) is 144 Å². The van der Waals surface area contributed by atoms with Crippen LogP contribution in [-0.4, -0.2) is 50.5 Å². The molecule has 1 aromatic carbocycles. The molecule has 0 heterocycles. The van der Waals surface area contributed by atoms with Crippen molar-refractivity contribution in [3.05, 3.63) is 29.3 Å². The van der Waals surface area contributed by atoms with Crippen LogP contribution in [0.3, 0.4) is 0 Å². The Labute approximate surface area is 139 Å². The second-order valence-electron chi connectivity index (χ2n) is 5.21. The zero-order valence-corrected chi connectivity index (χ0v) is 13.8. The third kappa shape index (κ3) is 8.86. The van der Waals surface area contributed by atoms with E-state index in [0.717, 1.165) is 30.7 Å². The van der Waals surface area contributed by atoms with Crippen LogP contribution in [0, 0.1) is 0 Å². The number of carbonyl (C=O) groups excluding carboxylic acids is 1. The van der Waals surface area contributed by atoms with Gasteiger partial charge in [0.2, 0.25) is 5.91 Å². The maximum Gasteiger partial charge on any atom is 0.300 e. The van der Waals surface area contributed by atoms with Crippen molar-refractivity contribution in [2.45, 2.75) is 45.8 Å². The van der Waals surface area contributed by atoms with Gasteiger partial charge in [0.1, 0.15) is 0 Å². The molecule has 8 nitrogen and oxygen atoms in total. The number of nitrogens with one attached hydrogen (secondary N) is 1. The molecular formula is C16H23NO7. The number of carboxylic acids is 2. The first-order valence-electron chi connectivity index (χ1n) is 7.18. The van der Waals surface area contributed by atoms with Crippen molar-refractivity contribution in [2.24, 2.45) is 0 Å². The molecule has 1 aliphatic carbocycles. The summed E-state index contributed by atoms with van der Waals surface area (Å²) in [5.74, 6) is -1.80. The number of hydrogen-bond donors (Lipinski definition) is 5. The number of fused-ring (bicyclic) bond motifs is 1. The van der Waals surface area contributed by atoms with Gasteiger partial charge >= 0.3 is 0 Å². The summed E-state index contributed by atoms with van der Waals surface area (Å²) in [5.41, 5.74) is 2.65. The molecule has 0 aliphatic heterocycles. The molecule has 24 heavy (non-hydrogen) atoms. The molecule has 0 aromatic heterocycles. The molecule has 5 N–H and O–H groups in total. The summed E-state index contributed by atoms with van der Waals surface area (Å²) in [6.45, 7) is 3.62. The van der Waals surface area contributed by atoms with Crippen LogP contribution in [0.25, 0.3) is 0 Å². The third-order valence-corrected chi connectivity index (χ3v) is 2.87. The Morgan fingerprint density at radius 1 is 0.958 bits per heavy atom. The predicted octanol–water partition coefficient (Wildman–Crippen LogP) is 0.647. The first-order chi connectivity index (χ1) is 11.0. The van der Waals surface area contributed by atoms with E-state index >= 15 is 0 Å². The Morgan fingerprint density at radius 2 is 1.42 bits per heavy atom. The molecular weight excluding hydrogens is 318 g/mol. The fraction of sp³-hybridized carbons (Fsp3) is 0.438. The van der Waals surface area contributed by atoms with Gasteiger partial charge in [-0.05, 0) is 17.2 Å². The van der Waals surface area contributed by atoms with Crippen LogP contribution in [0.1, 0.15) is 31.9 Å². The largest absolute Gasteiger partial charge is 0.481 e. The number of aliphatic carboxylic acids is 2. The molecule has 8 heteroatoms. The Bertz CT molecular complexity index is 566.